The lowest BCUT2D eigenvalue weighted by molar-refractivity contribution is 0.272. The third-order valence-corrected chi connectivity index (χ3v) is 4.95. The summed E-state index contributed by atoms with van der Waals surface area (Å²) >= 11 is 1.71. The standard InChI is InChI=1S/C15H18N6OS/c1-11-18-13(19-22-11)9-20-4-2-5-21(7-6-20)15-14-12(3-8-23-14)16-10-17-15/h3,8,10H,2,4-7,9H2,1H3. The molecule has 0 saturated carbocycles. The SMILES string of the molecule is Cc1nc(CN2CCCN(c3ncnc4ccsc34)CC2)no1. The molecule has 1 aliphatic heterocycles. The lowest BCUT2D eigenvalue weighted by Crippen LogP contribution is -2.31. The van der Waals surface area contributed by atoms with Crippen molar-refractivity contribution in [3.8, 4) is 0 Å². The van der Waals surface area contributed by atoms with Crippen LogP contribution in [0.5, 0.6) is 0 Å². The minimum Gasteiger partial charge on any atom is -0.354 e. The van der Waals surface area contributed by atoms with E-state index in [0.29, 0.717) is 5.89 Å². The van der Waals surface area contributed by atoms with Gasteiger partial charge in [-0.2, -0.15) is 4.98 Å². The number of hydrogen-bond donors (Lipinski definition) is 0. The van der Waals surface area contributed by atoms with Crippen molar-refractivity contribution in [3.63, 3.8) is 0 Å². The van der Waals surface area contributed by atoms with Crippen LogP contribution in [0.2, 0.25) is 0 Å². The van der Waals surface area contributed by atoms with Crippen LogP contribution in [0, 0.1) is 6.92 Å². The first-order chi connectivity index (χ1) is 11.3. The number of anilines is 1. The fourth-order valence-electron chi connectivity index (χ4n) is 2.95. The van der Waals surface area contributed by atoms with Crippen LogP contribution in [-0.2, 0) is 6.54 Å². The van der Waals surface area contributed by atoms with Crippen LogP contribution in [0.4, 0.5) is 5.82 Å². The Kier molecular flexibility index (Phi) is 3.92. The van der Waals surface area contributed by atoms with Gasteiger partial charge >= 0.3 is 0 Å². The number of hydrogen-bond acceptors (Lipinski definition) is 8. The Morgan fingerprint density at radius 1 is 1.22 bits per heavy atom. The van der Waals surface area contributed by atoms with Gasteiger partial charge in [0.05, 0.1) is 16.8 Å². The highest BCUT2D eigenvalue weighted by molar-refractivity contribution is 7.17. The summed E-state index contributed by atoms with van der Waals surface area (Å²) in [4.78, 5) is 17.9. The van der Waals surface area contributed by atoms with Crippen LogP contribution in [0.3, 0.4) is 0 Å². The highest BCUT2D eigenvalue weighted by Gasteiger charge is 2.19. The van der Waals surface area contributed by atoms with Crippen LogP contribution in [0.15, 0.2) is 22.3 Å². The molecular formula is C15H18N6OS. The zero-order chi connectivity index (χ0) is 15.6. The van der Waals surface area contributed by atoms with Crippen molar-refractivity contribution >= 4 is 27.4 Å². The molecule has 0 aromatic carbocycles. The summed E-state index contributed by atoms with van der Waals surface area (Å²) in [7, 11) is 0. The predicted molar refractivity (Wildman–Crippen MR) is 88.6 cm³/mol. The van der Waals surface area contributed by atoms with E-state index in [2.05, 4.69) is 35.3 Å². The summed E-state index contributed by atoms with van der Waals surface area (Å²) in [6.07, 6.45) is 2.75. The molecule has 0 spiro atoms. The van der Waals surface area contributed by atoms with E-state index in [1.54, 1.807) is 17.7 Å². The lowest BCUT2D eigenvalue weighted by Gasteiger charge is -2.22. The van der Waals surface area contributed by atoms with Gasteiger partial charge in [-0.3, -0.25) is 4.90 Å². The maximum Gasteiger partial charge on any atom is 0.223 e. The number of nitrogens with zero attached hydrogens (tertiary/aromatic N) is 6. The maximum atomic E-state index is 5.05. The normalized spacial score (nSPS) is 16.8. The van der Waals surface area contributed by atoms with Crippen LogP contribution in [-0.4, -0.2) is 51.2 Å². The first-order valence-electron chi connectivity index (χ1n) is 7.74. The Hall–Kier alpha value is -2.06. The molecule has 0 aliphatic carbocycles. The van der Waals surface area contributed by atoms with E-state index in [0.717, 1.165) is 56.3 Å². The predicted octanol–water partition coefficient (Wildman–Crippen LogP) is 2.10. The monoisotopic (exact) mass is 330 g/mol. The Balaban J connectivity index is 1.47. The van der Waals surface area contributed by atoms with Gasteiger partial charge in [0.25, 0.3) is 0 Å². The number of fused-ring (bicyclic) bond motifs is 1. The van der Waals surface area contributed by atoms with E-state index in [1.807, 2.05) is 13.0 Å². The molecular weight excluding hydrogens is 312 g/mol. The van der Waals surface area contributed by atoms with Gasteiger partial charge in [-0.1, -0.05) is 5.16 Å². The molecule has 23 heavy (non-hydrogen) atoms. The van der Waals surface area contributed by atoms with E-state index < -0.39 is 0 Å². The molecule has 8 heteroatoms. The second-order valence-electron chi connectivity index (χ2n) is 5.68. The molecule has 7 nitrogen and oxygen atoms in total. The minimum atomic E-state index is 0.623. The van der Waals surface area contributed by atoms with Crippen molar-refractivity contribution in [2.24, 2.45) is 0 Å². The molecule has 1 fully saturated rings. The molecule has 4 heterocycles. The molecule has 120 valence electrons. The van der Waals surface area contributed by atoms with Gasteiger partial charge in [0, 0.05) is 33.1 Å². The van der Waals surface area contributed by atoms with Crippen molar-refractivity contribution in [2.45, 2.75) is 19.9 Å². The minimum absolute atomic E-state index is 0.623. The average molecular weight is 330 g/mol. The van der Waals surface area contributed by atoms with Crippen molar-refractivity contribution < 1.29 is 4.52 Å². The van der Waals surface area contributed by atoms with Crippen molar-refractivity contribution in [1.82, 2.24) is 25.0 Å². The summed E-state index contributed by atoms with van der Waals surface area (Å²) in [6, 6.07) is 2.05. The first kappa shape index (κ1) is 14.5. The zero-order valence-corrected chi connectivity index (χ0v) is 13.8. The molecule has 1 aliphatic rings. The lowest BCUT2D eigenvalue weighted by atomic mass is 10.3. The molecule has 0 amide bonds. The van der Waals surface area contributed by atoms with Crippen LogP contribution in [0.25, 0.3) is 10.2 Å². The summed E-state index contributed by atoms with van der Waals surface area (Å²) in [5.74, 6) is 2.44. The number of thiophene rings is 1. The Labute approximate surface area is 138 Å². The average Bonchev–Trinajstić information content (AvgIpc) is 3.12. The summed E-state index contributed by atoms with van der Waals surface area (Å²) in [5.41, 5.74) is 1.03. The van der Waals surface area contributed by atoms with E-state index in [9.17, 15) is 0 Å². The Morgan fingerprint density at radius 3 is 3.04 bits per heavy atom. The molecule has 0 radical (unpaired) electrons. The molecule has 0 N–H and O–H groups in total. The molecule has 0 bridgehead atoms. The summed E-state index contributed by atoms with van der Waals surface area (Å²) in [6.45, 7) is 6.51. The van der Waals surface area contributed by atoms with Gasteiger partial charge in [-0.15, -0.1) is 11.3 Å². The first-order valence-corrected chi connectivity index (χ1v) is 8.62. The van der Waals surface area contributed by atoms with Gasteiger partial charge in [-0.25, -0.2) is 9.97 Å². The zero-order valence-electron chi connectivity index (χ0n) is 13.0. The van der Waals surface area contributed by atoms with Crippen molar-refractivity contribution in [3.05, 3.63) is 29.5 Å². The molecule has 4 rings (SSSR count). The second kappa shape index (κ2) is 6.21. The van der Waals surface area contributed by atoms with Gasteiger partial charge in [-0.05, 0) is 17.9 Å². The molecule has 3 aromatic heterocycles. The largest absolute Gasteiger partial charge is 0.354 e. The van der Waals surface area contributed by atoms with Crippen LogP contribution in [0.1, 0.15) is 18.1 Å². The number of aromatic nitrogens is 4. The van der Waals surface area contributed by atoms with Crippen LogP contribution < -0.4 is 4.90 Å². The topological polar surface area (TPSA) is 71.2 Å². The molecule has 0 unspecified atom stereocenters. The molecule has 1 saturated heterocycles. The van der Waals surface area contributed by atoms with Crippen molar-refractivity contribution in [2.75, 3.05) is 31.1 Å². The fraction of sp³-hybridized carbons (Fsp3) is 0.467. The third kappa shape index (κ3) is 3.04. The van der Waals surface area contributed by atoms with E-state index in [4.69, 9.17) is 4.52 Å². The van der Waals surface area contributed by atoms with E-state index in [1.165, 1.54) is 4.70 Å². The Morgan fingerprint density at radius 2 is 2.17 bits per heavy atom. The van der Waals surface area contributed by atoms with Crippen molar-refractivity contribution in [1.29, 1.82) is 0 Å². The van der Waals surface area contributed by atoms with Gasteiger partial charge < -0.3 is 9.42 Å². The smallest absolute Gasteiger partial charge is 0.223 e. The van der Waals surface area contributed by atoms with Gasteiger partial charge in [0.15, 0.2) is 5.82 Å². The molecule has 3 aromatic rings. The van der Waals surface area contributed by atoms with E-state index >= 15 is 0 Å². The van der Waals surface area contributed by atoms with E-state index in [-0.39, 0.29) is 0 Å². The third-order valence-electron chi connectivity index (χ3n) is 4.05. The Bertz CT molecular complexity index is 800. The number of rotatable bonds is 3. The van der Waals surface area contributed by atoms with Crippen LogP contribution >= 0.6 is 11.3 Å². The highest BCUT2D eigenvalue weighted by atomic mass is 32.1. The van der Waals surface area contributed by atoms with Gasteiger partial charge in [0.1, 0.15) is 12.1 Å². The summed E-state index contributed by atoms with van der Waals surface area (Å²) < 4.78 is 6.23. The number of aryl methyl sites for hydroxylation is 1. The molecule has 0 atom stereocenters. The second-order valence-corrected chi connectivity index (χ2v) is 6.59. The fourth-order valence-corrected chi connectivity index (χ4v) is 3.81. The highest BCUT2D eigenvalue weighted by Crippen LogP contribution is 2.28. The maximum absolute atomic E-state index is 5.05. The quantitative estimate of drug-likeness (QED) is 0.728. The summed E-state index contributed by atoms with van der Waals surface area (Å²) in [5, 5.41) is 6.07. The van der Waals surface area contributed by atoms with Gasteiger partial charge in [0.2, 0.25) is 5.89 Å².